The molecule has 0 aromatic carbocycles. The second-order valence-corrected chi connectivity index (χ2v) is 7.11. The average molecular weight is 266 g/mol. The van der Waals surface area contributed by atoms with E-state index in [2.05, 4.69) is 5.43 Å². The topological polar surface area (TPSA) is 81.4 Å². The number of hydrogen-bond donors (Lipinski definition) is 2. The number of nitrogens with one attached hydrogen (secondary N) is 1. The van der Waals surface area contributed by atoms with E-state index in [1.165, 1.54) is 0 Å². The lowest BCUT2D eigenvalue weighted by Gasteiger charge is -2.33. The molecule has 0 aromatic rings. The first-order chi connectivity index (χ1) is 7.79. The van der Waals surface area contributed by atoms with Crippen LogP contribution in [-0.2, 0) is 14.6 Å². The number of rotatable bonds is 9. The van der Waals surface area contributed by atoms with Crippen LogP contribution in [0.3, 0.4) is 0 Å². The maximum atomic E-state index is 11.4. The molecule has 0 aromatic heterocycles. The first-order valence-corrected chi connectivity index (χ1v) is 7.91. The average Bonchev–Trinajstić information content (AvgIpc) is 2.24. The van der Waals surface area contributed by atoms with Gasteiger partial charge >= 0.3 is 0 Å². The predicted octanol–water partition coefficient (Wildman–Crippen LogP) is 0.848. The molecule has 0 aliphatic rings. The van der Waals surface area contributed by atoms with Crippen LogP contribution in [0.4, 0.5) is 0 Å². The van der Waals surface area contributed by atoms with Crippen LogP contribution in [0.2, 0.25) is 0 Å². The highest BCUT2D eigenvalue weighted by Gasteiger charge is 2.29. The van der Waals surface area contributed by atoms with Crippen molar-refractivity contribution < 1.29 is 13.2 Å². The zero-order chi connectivity index (χ0) is 13.5. The summed E-state index contributed by atoms with van der Waals surface area (Å²) in [6.45, 7) is 8.11. The van der Waals surface area contributed by atoms with Crippen molar-refractivity contribution in [1.29, 1.82) is 0 Å². The first kappa shape index (κ1) is 16.8. The Morgan fingerprint density at radius 3 is 2.35 bits per heavy atom. The normalized spacial score (nSPS) is 14.9. The molecule has 5 nitrogen and oxygen atoms in total. The number of hydrazine groups is 1. The SMILES string of the molecule is CCOC(C)(C)C(CCCS(=O)(=O)CC)NN. The maximum absolute atomic E-state index is 11.4. The highest BCUT2D eigenvalue weighted by molar-refractivity contribution is 7.91. The van der Waals surface area contributed by atoms with E-state index in [9.17, 15) is 8.42 Å². The third kappa shape index (κ3) is 6.35. The Kier molecular flexibility index (Phi) is 7.23. The molecule has 104 valence electrons. The molecule has 6 heteroatoms. The fourth-order valence-corrected chi connectivity index (χ4v) is 2.65. The van der Waals surface area contributed by atoms with Crippen LogP contribution < -0.4 is 11.3 Å². The van der Waals surface area contributed by atoms with Crippen molar-refractivity contribution in [2.75, 3.05) is 18.1 Å². The third-order valence-electron chi connectivity index (χ3n) is 2.94. The number of nitrogens with two attached hydrogens (primary N) is 1. The Bertz CT molecular complexity index is 302. The molecular weight excluding hydrogens is 240 g/mol. The molecule has 0 aliphatic carbocycles. The van der Waals surface area contributed by atoms with Gasteiger partial charge in [0.2, 0.25) is 0 Å². The van der Waals surface area contributed by atoms with Crippen LogP contribution in [0, 0.1) is 0 Å². The van der Waals surface area contributed by atoms with Crippen molar-refractivity contribution in [2.45, 2.75) is 52.2 Å². The smallest absolute Gasteiger partial charge is 0.150 e. The molecule has 0 heterocycles. The van der Waals surface area contributed by atoms with Crippen molar-refractivity contribution in [3.8, 4) is 0 Å². The Morgan fingerprint density at radius 2 is 1.94 bits per heavy atom. The monoisotopic (exact) mass is 266 g/mol. The van der Waals surface area contributed by atoms with Gasteiger partial charge in [-0.2, -0.15) is 0 Å². The molecule has 0 aliphatic heterocycles. The van der Waals surface area contributed by atoms with E-state index >= 15 is 0 Å². The summed E-state index contributed by atoms with van der Waals surface area (Å²) in [5, 5.41) is 0. The lowest BCUT2D eigenvalue weighted by molar-refractivity contribution is -0.0402. The Balaban J connectivity index is 4.24. The number of sulfone groups is 1. The molecule has 0 bridgehead atoms. The minimum atomic E-state index is -2.89. The van der Waals surface area contributed by atoms with Crippen molar-refractivity contribution in [3.05, 3.63) is 0 Å². The summed E-state index contributed by atoms with van der Waals surface area (Å²) in [6.07, 6.45) is 1.28. The standard InChI is InChI=1S/C11H26N2O3S/c1-5-16-11(3,4)10(13-12)8-7-9-17(14,15)6-2/h10,13H,5-9,12H2,1-4H3. The zero-order valence-electron chi connectivity index (χ0n) is 11.3. The summed E-state index contributed by atoms with van der Waals surface area (Å²) in [7, 11) is -2.89. The van der Waals surface area contributed by atoms with Gasteiger partial charge in [0.1, 0.15) is 9.84 Å². The highest BCUT2D eigenvalue weighted by atomic mass is 32.2. The molecule has 17 heavy (non-hydrogen) atoms. The third-order valence-corrected chi connectivity index (χ3v) is 4.74. The Hall–Kier alpha value is -0.170. The molecule has 0 radical (unpaired) electrons. The van der Waals surface area contributed by atoms with E-state index in [0.29, 0.717) is 19.4 Å². The molecule has 0 amide bonds. The fraction of sp³-hybridized carbons (Fsp3) is 1.00. The van der Waals surface area contributed by atoms with Gasteiger partial charge in [0.15, 0.2) is 0 Å². The molecule has 0 rings (SSSR count). The van der Waals surface area contributed by atoms with Gasteiger partial charge in [-0.1, -0.05) is 6.92 Å². The van der Waals surface area contributed by atoms with E-state index in [1.807, 2.05) is 20.8 Å². The van der Waals surface area contributed by atoms with Crippen molar-refractivity contribution in [2.24, 2.45) is 5.84 Å². The Morgan fingerprint density at radius 1 is 1.35 bits per heavy atom. The minimum Gasteiger partial charge on any atom is -0.374 e. The van der Waals surface area contributed by atoms with Crippen LogP contribution in [0.25, 0.3) is 0 Å². The van der Waals surface area contributed by atoms with Gasteiger partial charge < -0.3 is 4.74 Å². The van der Waals surface area contributed by atoms with Crippen molar-refractivity contribution in [3.63, 3.8) is 0 Å². The maximum Gasteiger partial charge on any atom is 0.150 e. The number of ether oxygens (including phenoxy) is 1. The fourth-order valence-electron chi connectivity index (χ4n) is 1.76. The quantitative estimate of drug-likeness (QED) is 0.477. The predicted molar refractivity (Wildman–Crippen MR) is 70.4 cm³/mol. The molecule has 1 atom stereocenters. The minimum absolute atomic E-state index is 0.0468. The molecule has 3 N–H and O–H groups in total. The molecular formula is C11H26N2O3S. The van der Waals surface area contributed by atoms with Crippen LogP contribution in [0.5, 0.6) is 0 Å². The van der Waals surface area contributed by atoms with Gasteiger partial charge in [-0.05, 0) is 33.6 Å². The van der Waals surface area contributed by atoms with Crippen molar-refractivity contribution in [1.82, 2.24) is 5.43 Å². The van der Waals surface area contributed by atoms with Crippen molar-refractivity contribution >= 4 is 9.84 Å². The van der Waals surface area contributed by atoms with E-state index in [-0.39, 0.29) is 23.1 Å². The van der Waals surface area contributed by atoms with Gasteiger partial charge in [0, 0.05) is 18.4 Å². The first-order valence-electron chi connectivity index (χ1n) is 6.09. The van der Waals surface area contributed by atoms with Crippen LogP contribution in [0.15, 0.2) is 0 Å². The van der Waals surface area contributed by atoms with Crippen LogP contribution in [-0.4, -0.2) is 38.2 Å². The second-order valence-electron chi connectivity index (χ2n) is 4.63. The molecule has 0 spiro atoms. The second kappa shape index (κ2) is 7.31. The van der Waals surface area contributed by atoms with E-state index in [1.54, 1.807) is 6.92 Å². The van der Waals surface area contributed by atoms with E-state index < -0.39 is 9.84 Å². The lowest BCUT2D eigenvalue weighted by Crippen LogP contribution is -2.51. The van der Waals surface area contributed by atoms with E-state index in [4.69, 9.17) is 10.6 Å². The lowest BCUT2D eigenvalue weighted by atomic mass is 9.95. The van der Waals surface area contributed by atoms with Crippen LogP contribution in [0.1, 0.15) is 40.5 Å². The highest BCUT2D eigenvalue weighted by Crippen LogP contribution is 2.18. The van der Waals surface area contributed by atoms with Gasteiger partial charge in [-0.15, -0.1) is 0 Å². The summed E-state index contributed by atoms with van der Waals surface area (Å²) in [4.78, 5) is 0. The summed E-state index contributed by atoms with van der Waals surface area (Å²) >= 11 is 0. The summed E-state index contributed by atoms with van der Waals surface area (Å²) < 4.78 is 28.3. The summed E-state index contributed by atoms with van der Waals surface area (Å²) in [5.74, 6) is 5.90. The largest absolute Gasteiger partial charge is 0.374 e. The van der Waals surface area contributed by atoms with Gasteiger partial charge in [-0.25, -0.2) is 8.42 Å². The molecule has 1 unspecified atom stereocenters. The summed E-state index contributed by atoms with van der Waals surface area (Å²) in [5.41, 5.74) is 2.32. The summed E-state index contributed by atoms with van der Waals surface area (Å²) in [6, 6.07) is -0.0468. The van der Waals surface area contributed by atoms with Gasteiger partial charge in [-0.3, -0.25) is 11.3 Å². The zero-order valence-corrected chi connectivity index (χ0v) is 12.1. The molecule has 0 fully saturated rings. The van der Waals surface area contributed by atoms with Crippen LogP contribution >= 0.6 is 0 Å². The van der Waals surface area contributed by atoms with E-state index in [0.717, 1.165) is 0 Å². The molecule has 0 saturated heterocycles. The number of hydrogen-bond acceptors (Lipinski definition) is 5. The molecule has 0 saturated carbocycles. The van der Waals surface area contributed by atoms with Gasteiger partial charge in [0.05, 0.1) is 11.4 Å². The Labute approximate surface area is 105 Å². The van der Waals surface area contributed by atoms with Gasteiger partial charge in [0.25, 0.3) is 0 Å².